The molecule has 136 valence electrons. The maximum absolute atomic E-state index is 13.3. The summed E-state index contributed by atoms with van der Waals surface area (Å²) in [5, 5.41) is 0.558. The highest BCUT2D eigenvalue weighted by Gasteiger charge is 2.19. The van der Waals surface area contributed by atoms with Gasteiger partial charge in [-0.15, -0.1) is 11.3 Å². The van der Waals surface area contributed by atoms with E-state index >= 15 is 0 Å². The SMILES string of the molecule is Cc1sc2c(c1C)c(=O)n(-c1ccccc1)c(=O)n2Cc1ccc(F)cc1. The summed E-state index contributed by atoms with van der Waals surface area (Å²) in [6.45, 7) is 4.11. The molecule has 0 radical (unpaired) electrons. The van der Waals surface area contributed by atoms with Gasteiger partial charge in [-0.25, -0.2) is 13.8 Å². The summed E-state index contributed by atoms with van der Waals surface area (Å²) in [7, 11) is 0. The number of aryl methyl sites for hydroxylation is 2. The molecule has 4 aromatic rings. The molecule has 0 aliphatic heterocycles. The van der Waals surface area contributed by atoms with Crippen LogP contribution in [0.15, 0.2) is 64.2 Å². The van der Waals surface area contributed by atoms with E-state index in [4.69, 9.17) is 0 Å². The van der Waals surface area contributed by atoms with Crippen molar-refractivity contribution in [3.05, 3.63) is 97.3 Å². The molecule has 0 aliphatic rings. The molecule has 0 N–H and O–H groups in total. The predicted molar refractivity (Wildman–Crippen MR) is 107 cm³/mol. The van der Waals surface area contributed by atoms with Gasteiger partial charge in [0, 0.05) is 4.88 Å². The molecule has 2 heterocycles. The highest BCUT2D eigenvalue weighted by Crippen LogP contribution is 2.27. The Morgan fingerprint density at radius 2 is 1.63 bits per heavy atom. The van der Waals surface area contributed by atoms with Crippen LogP contribution in [0.1, 0.15) is 16.0 Å². The molecule has 4 nitrogen and oxygen atoms in total. The highest BCUT2D eigenvalue weighted by atomic mass is 32.1. The van der Waals surface area contributed by atoms with Crippen LogP contribution >= 0.6 is 11.3 Å². The van der Waals surface area contributed by atoms with E-state index in [1.807, 2.05) is 19.9 Å². The van der Waals surface area contributed by atoms with E-state index in [2.05, 4.69) is 0 Å². The van der Waals surface area contributed by atoms with Gasteiger partial charge in [-0.1, -0.05) is 30.3 Å². The number of fused-ring (bicyclic) bond motifs is 1. The first-order valence-electron chi connectivity index (χ1n) is 8.53. The normalized spacial score (nSPS) is 11.2. The molecule has 0 aliphatic carbocycles. The van der Waals surface area contributed by atoms with Gasteiger partial charge in [0.2, 0.25) is 0 Å². The monoisotopic (exact) mass is 380 g/mol. The average Bonchev–Trinajstić information content (AvgIpc) is 2.96. The quantitative estimate of drug-likeness (QED) is 0.539. The summed E-state index contributed by atoms with van der Waals surface area (Å²) in [4.78, 5) is 28.0. The van der Waals surface area contributed by atoms with Crippen LogP contribution in [0.25, 0.3) is 15.9 Å². The molecule has 27 heavy (non-hydrogen) atoms. The smallest absolute Gasteiger partial charge is 0.280 e. The summed E-state index contributed by atoms with van der Waals surface area (Å²) in [6.07, 6.45) is 0. The number of benzene rings is 2. The minimum absolute atomic E-state index is 0.266. The highest BCUT2D eigenvalue weighted by molar-refractivity contribution is 7.18. The Bertz CT molecular complexity index is 1250. The molecule has 6 heteroatoms. The number of para-hydroxylation sites is 1. The minimum Gasteiger partial charge on any atom is -0.280 e. The third-order valence-electron chi connectivity index (χ3n) is 4.72. The first-order chi connectivity index (χ1) is 13.0. The third kappa shape index (κ3) is 2.92. The second-order valence-corrected chi connectivity index (χ2v) is 7.64. The molecule has 0 fully saturated rings. The van der Waals surface area contributed by atoms with Gasteiger partial charge in [-0.3, -0.25) is 9.36 Å². The second kappa shape index (κ2) is 6.63. The number of hydrogen-bond donors (Lipinski definition) is 0. The summed E-state index contributed by atoms with van der Waals surface area (Å²) in [6, 6.07) is 15.0. The van der Waals surface area contributed by atoms with Crippen molar-refractivity contribution in [3.8, 4) is 5.69 Å². The zero-order valence-corrected chi connectivity index (χ0v) is 15.7. The Hall–Kier alpha value is -2.99. The average molecular weight is 380 g/mol. The maximum Gasteiger partial charge on any atom is 0.337 e. The van der Waals surface area contributed by atoms with Gasteiger partial charge in [0.1, 0.15) is 10.6 Å². The van der Waals surface area contributed by atoms with Crippen molar-refractivity contribution in [2.75, 3.05) is 0 Å². The summed E-state index contributed by atoms with van der Waals surface area (Å²) < 4.78 is 16.1. The Morgan fingerprint density at radius 3 is 2.30 bits per heavy atom. The van der Waals surface area contributed by atoms with Crippen LogP contribution in [0.5, 0.6) is 0 Å². The van der Waals surface area contributed by atoms with E-state index in [-0.39, 0.29) is 17.9 Å². The molecular weight excluding hydrogens is 363 g/mol. The lowest BCUT2D eigenvalue weighted by molar-refractivity contribution is 0.626. The summed E-state index contributed by atoms with van der Waals surface area (Å²) >= 11 is 1.44. The molecule has 0 bridgehead atoms. The lowest BCUT2D eigenvalue weighted by atomic mass is 10.2. The molecule has 0 atom stereocenters. The van der Waals surface area contributed by atoms with Gasteiger partial charge in [-0.05, 0) is 49.2 Å². The second-order valence-electron chi connectivity index (χ2n) is 6.43. The molecule has 4 rings (SSSR count). The van der Waals surface area contributed by atoms with E-state index in [1.54, 1.807) is 41.0 Å². The summed E-state index contributed by atoms with van der Waals surface area (Å²) in [5.74, 6) is -0.326. The first-order valence-corrected chi connectivity index (χ1v) is 9.34. The van der Waals surface area contributed by atoms with Gasteiger partial charge in [0.15, 0.2) is 0 Å². The van der Waals surface area contributed by atoms with Gasteiger partial charge in [0.05, 0.1) is 17.6 Å². The Labute approximate surface area is 158 Å². The minimum atomic E-state index is -0.399. The Morgan fingerprint density at radius 1 is 0.963 bits per heavy atom. The number of aromatic nitrogens is 2. The topological polar surface area (TPSA) is 44.0 Å². The van der Waals surface area contributed by atoms with Crippen molar-refractivity contribution in [1.29, 1.82) is 0 Å². The Kier molecular flexibility index (Phi) is 4.28. The lowest BCUT2D eigenvalue weighted by Gasteiger charge is -2.12. The molecule has 0 saturated heterocycles. The van der Waals surface area contributed by atoms with Crippen LogP contribution in [0.2, 0.25) is 0 Å². The largest absolute Gasteiger partial charge is 0.337 e. The number of halogens is 1. The fourth-order valence-electron chi connectivity index (χ4n) is 3.17. The fraction of sp³-hybridized carbons (Fsp3) is 0.143. The number of thiophene rings is 1. The van der Waals surface area contributed by atoms with Gasteiger partial charge in [0.25, 0.3) is 5.56 Å². The molecule has 0 saturated carbocycles. The predicted octanol–water partition coefficient (Wildman–Crippen LogP) is 4.02. The van der Waals surface area contributed by atoms with Crippen molar-refractivity contribution in [3.63, 3.8) is 0 Å². The zero-order chi connectivity index (χ0) is 19.1. The third-order valence-corrected chi connectivity index (χ3v) is 5.95. The standard InChI is InChI=1S/C21H17FN2O2S/c1-13-14(2)27-20-18(13)19(25)24(17-6-4-3-5-7-17)21(26)23(20)12-15-8-10-16(22)11-9-15/h3-11H,12H2,1-2H3. The van der Waals surface area contributed by atoms with Gasteiger partial charge >= 0.3 is 5.69 Å². The van der Waals surface area contributed by atoms with Crippen LogP contribution in [-0.2, 0) is 6.54 Å². The van der Waals surface area contributed by atoms with E-state index in [0.717, 1.165) is 16.0 Å². The van der Waals surface area contributed by atoms with Gasteiger partial charge in [-0.2, -0.15) is 0 Å². The lowest BCUT2D eigenvalue weighted by Crippen LogP contribution is -2.38. The van der Waals surface area contributed by atoms with Crippen molar-refractivity contribution < 1.29 is 4.39 Å². The van der Waals surface area contributed by atoms with Gasteiger partial charge < -0.3 is 0 Å². The molecule has 2 aromatic heterocycles. The Balaban J connectivity index is 2.05. The van der Waals surface area contributed by atoms with E-state index in [1.165, 1.54) is 28.0 Å². The van der Waals surface area contributed by atoms with Crippen molar-refractivity contribution >= 4 is 21.6 Å². The molecule has 0 spiro atoms. The van der Waals surface area contributed by atoms with E-state index < -0.39 is 5.69 Å². The van der Waals surface area contributed by atoms with Crippen LogP contribution in [0.3, 0.4) is 0 Å². The maximum atomic E-state index is 13.3. The van der Waals surface area contributed by atoms with Crippen LogP contribution in [0, 0.1) is 19.7 Å². The zero-order valence-electron chi connectivity index (χ0n) is 14.9. The van der Waals surface area contributed by atoms with Crippen molar-refractivity contribution in [2.24, 2.45) is 0 Å². The van der Waals surface area contributed by atoms with Crippen molar-refractivity contribution in [2.45, 2.75) is 20.4 Å². The van der Waals surface area contributed by atoms with E-state index in [9.17, 15) is 14.0 Å². The molecule has 0 unspecified atom stereocenters. The molecule has 2 aromatic carbocycles. The molecule has 0 amide bonds. The van der Waals surface area contributed by atoms with Crippen LogP contribution < -0.4 is 11.2 Å². The molecular formula is C21H17FN2O2S. The van der Waals surface area contributed by atoms with Crippen LogP contribution in [-0.4, -0.2) is 9.13 Å². The first kappa shape index (κ1) is 17.4. The van der Waals surface area contributed by atoms with Crippen LogP contribution in [0.4, 0.5) is 4.39 Å². The van der Waals surface area contributed by atoms with Crippen molar-refractivity contribution in [1.82, 2.24) is 9.13 Å². The number of rotatable bonds is 3. The number of hydrogen-bond acceptors (Lipinski definition) is 3. The fourth-order valence-corrected chi connectivity index (χ4v) is 4.31. The summed E-state index contributed by atoms with van der Waals surface area (Å²) in [5.41, 5.74) is 1.51. The number of nitrogens with zero attached hydrogens (tertiary/aromatic N) is 2. The van der Waals surface area contributed by atoms with E-state index in [0.29, 0.717) is 15.9 Å².